The van der Waals surface area contributed by atoms with Gasteiger partial charge in [0.25, 0.3) is 0 Å². The summed E-state index contributed by atoms with van der Waals surface area (Å²) in [6, 6.07) is -0.247. The highest BCUT2D eigenvalue weighted by molar-refractivity contribution is 5.82. The highest BCUT2D eigenvalue weighted by atomic mass is 16.4. The second-order valence-corrected chi connectivity index (χ2v) is 5.76. The Labute approximate surface area is 122 Å². The first kappa shape index (κ1) is 12.6. The summed E-state index contributed by atoms with van der Waals surface area (Å²) in [5.74, 6) is 2.81. The third kappa shape index (κ3) is 1.60. The fourth-order valence-corrected chi connectivity index (χ4v) is 3.46. The number of hydrogen-bond acceptors (Lipinski definition) is 5. The van der Waals surface area contributed by atoms with Crippen molar-refractivity contribution in [3.8, 4) is 11.6 Å². The van der Waals surface area contributed by atoms with E-state index >= 15 is 0 Å². The van der Waals surface area contributed by atoms with Crippen molar-refractivity contribution in [3.05, 3.63) is 17.4 Å². The quantitative estimate of drug-likeness (QED) is 0.799. The van der Waals surface area contributed by atoms with Crippen LogP contribution in [0.25, 0.3) is 11.6 Å². The average molecular weight is 287 g/mol. The van der Waals surface area contributed by atoms with Crippen LogP contribution in [-0.4, -0.2) is 37.1 Å². The van der Waals surface area contributed by atoms with E-state index in [4.69, 9.17) is 4.42 Å². The molecule has 0 radical (unpaired) electrons. The molecular weight excluding hydrogens is 270 g/mol. The Morgan fingerprint density at radius 2 is 2.10 bits per heavy atom. The number of nitrogens with zero attached hydrogens (tertiary/aromatic N) is 5. The first-order chi connectivity index (χ1) is 10.1. The number of fused-ring (bicyclic) bond motifs is 3. The van der Waals surface area contributed by atoms with Crippen LogP contribution in [0.4, 0.5) is 0 Å². The van der Waals surface area contributed by atoms with Gasteiger partial charge in [0.15, 0.2) is 17.5 Å². The summed E-state index contributed by atoms with van der Waals surface area (Å²) in [7, 11) is 0. The number of aryl methyl sites for hydroxylation is 2. The molecule has 7 nitrogen and oxygen atoms in total. The zero-order chi connectivity index (χ0) is 14.7. The zero-order valence-electron chi connectivity index (χ0n) is 12.3. The molecule has 2 atom stereocenters. The minimum atomic E-state index is -0.302. The van der Waals surface area contributed by atoms with Crippen LogP contribution in [0.1, 0.15) is 49.3 Å². The van der Waals surface area contributed by atoms with Crippen LogP contribution < -0.4 is 0 Å². The van der Waals surface area contributed by atoms with Gasteiger partial charge in [-0.15, -0.1) is 10.2 Å². The number of amides is 1. The molecule has 4 rings (SSSR count). The fourth-order valence-electron chi connectivity index (χ4n) is 3.46. The van der Waals surface area contributed by atoms with Gasteiger partial charge in [0.2, 0.25) is 11.7 Å². The van der Waals surface area contributed by atoms with Crippen LogP contribution in [0.2, 0.25) is 0 Å². The lowest BCUT2D eigenvalue weighted by Gasteiger charge is -2.34. The fraction of sp³-hybridized carbons (Fsp3) is 0.571. The van der Waals surface area contributed by atoms with E-state index < -0.39 is 0 Å². The maximum absolute atomic E-state index is 12.5. The molecule has 0 aromatic carbocycles. The number of hydrogen-bond donors (Lipinski definition) is 0. The van der Waals surface area contributed by atoms with Gasteiger partial charge in [-0.3, -0.25) is 9.36 Å². The van der Waals surface area contributed by atoms with Gasteiger partial charge in [0.05, 0.1) is 11.7 Å². The van der Waals surface area contributed by atoms with Gasteiger partial charge in [0.1, 0.15) is 6.04 Å². The van der Waals surface area contributed by atoms with Crippen molar-refractivity contribution >= 4 is 5.91 Å². The van der Waals surface area contributed by atoms with Crippen LogP contribution >= 0.6 is 0 Å². The molecular formula is C14H17N5O2. The highest BCUT2D eigenvalue weighted by Crippen LogP contribution is 2.40. The van der Waals surface area contributed by atoms with Crippen molar-refractivity contribution in [2.24, 2.45) is 0 Å². The lowest BCUT2D eigenvalue weighted by Crippen LogP contribution is -2.42. The van der Waals surface area contributed by atoms with Gasteiger partial charge in [-0.25, -0.2) is 4.98 Å². The standard InChI is InChI=1S/C14H17N5O2/c1-7-11(21-9(3)15-7)13-17-16-12-10-5-4-6-18(10)14(20)8(2)19(12)13/h8,10H,4-6H2,1-3H3/t8-,10+/m0/s1. The minimum absolute atomic E-state index is 0.0549. The van der Waals surface area contributed by atoms with E-state index in [0.717, 1.165) is 30.9 Å². The molecule has 0 N–H and O–H groups in total. The molecule has 2 aromatic rings. The second-order valence-electron chi connectivity index (χ2n) is 5.76. The van der Waals surface area contributed by atoms with Gasteiger partial charge in [-0.1, -0.05) is 0 Å². The molecule has 2 aromatic heterocycles. The molecule has 4 heterocycles. The summed E-state index contributed by atoms with van der Waals surface area (Å²) >= 11 is 0. The lowest BCUT2D eigenvalue weighted by molar-refractivity contribution is -0.137. The number of aromatic nitrogens is 4. The van der Waals surface area contributed by atoms with Crippen LogP contribution in [0, 0.1) is 13.8 Å². The Bertz CT molecular complexity index is 732. The third-order valence-corrected chi connectivity index (χ3v) is 4.41. The van der Waals surface area contributed by atoms with Crippen LogP contribution in [0.3, 0.4) is 0 Å². The molecule has 2 aliphatic rings. The minimum Gasteiger partial charge on any atom is -0.437 e. The predicted octanol–water partition coefficient (Wildman–Crippen LogP) is 1.79. The Morgan fingerprint density at radius 3 is 2.81 bits per heavy atom. The van der Waals surface area contributed by atoms with E-state index in [9.17, 15) is 4.79 Å². The van der Waals surface area contributed by atoms with Gasteiger partial charge < -0.3 is 9.32 Å². The smallest absolute Gasteiger partial charge is 0.246 e. The molecule has 0 aliphatic carbocycles. The Balaban J connectivity index is 1.90. The van der Waals surface area contributed by atoms with Gasteiger partial charge in [-0.05, 0) is 26.7 Å². The van der Waals surface area contributed by atoms with E-state index in [1.165, 1.54) is 0 Å². The van der Waals surface area contributed by atoms with Crippen molar-refractivity contribution in [2.75, 3.05) is 6.54 Å². The molecule has 0 saturated carbocycles. The molecule has 1 fully saturated rings. The monoisotopic (exact) mass is 287 g/mol. The van der Waals surface area contributed by atoms with Crippen molar-refractivity contribution < 1.29 is 9.21 Å². The van der Waals surface area contributed by atoms with Gasteiger partial charge >= 0.3 is 0 Å². The highest BCUT2D eigenvalue weighted by Gasteiger charge is 2.43. The van der Waals surface area contributed by atoms with Gasteiger partial charge in [0, 0.05) is 13.5 Å². The molecule has 7 heteroatoms. The van der Waals surface area contributed by atoms with E-state index in [1.54, 1.807) is 6.92 Å². The topological polar surface area (TPSA) is 77.1 Å². The summed E-state index contributed by atoms with van der Waals surface area (Å²) in [4.78, 5) is 18.8. The summed E-state index contributed by atoms with van der Waals surface area (Å²) in [6.07, 6.45) is 1.97. The molecule has 1 saturated heterocycles. The van der Waals surface area contributed by atoms with E-state index in [1.807, 2.05) is 23.3 Å². The van der Waals surface area contributed by atoms with Crippen LogP contribution in [-0.2, 0) is 4.79 Å². The van der Waals surface area contributed by atoms with E-state index in [0.29, 0.717) is 17.5 Å². The maximum Gasteiger partial charge on any atom is 0.246 e. The molecule has 1 amide bonds. The zero-order valence-corrected chi connectivity index (χ0v) is 12.3. The predicted molar refractivity (Wildman–Crippen MR) is 73.4 cm³/mol. The molecule has 110 valence electrons. The van der Waals surface area contributed by atoms with Crippen LogP contribution in [0.5, 0.6) is 0 Å². The van der Waals surface area contributed by atoms with Crippen molar-refractivity contribution in [1.82, 2.24) is 24.6 Å². The van der Waals surface area contributed by atoms with Crippen LogP contribution in [0.15, 0.2) is 4.42 Å². The largest absolute Gasteiger partial charge is 0.437 e. The molecule has 0 spiro atoms. The Hall–Kier alpha value is -2.18. The molecule has 0 bridgehead atoms. The SMILES string of the molecule is Cc1nc(C)c(-c2nnc3n2[C@@H](C)C(=O)N2CCC[C@H]32)o1. The Kier molecular flexibility index (Phi) is 2.49. The van der Waals surface area contributed by atoms with E-state index in [2.05, 4.69) is 15.2 Å². The molecule has 2 aliphatic heterocycles. The third-order valence-electron chi connectivity index (χ3n) is 4.41. The second kappa shape index (κ2) is 4.16. The summed E-state index contributed by atoms with van der Waals surface area (Å²) in [5, 5.41) is 8.63. The summed E-state index contributed by atoms with van der Waals surface area (Å²) in [5.41, 5.74) is 0.774. The first-order valence-electron chi connectivity index (χ1n) is 7.27. The molecule has 0 unspecified atom stereocenters. The maximum atomic E-state index is 12.5. The van der Waals surface area contributed by atoms with Crippen molar-refractivity contribution in [1.29, 1.82) is 0 Å². The van der Waals surface area contributed by atoms with E-state index in [-0.39, 0.29) is 18.0 Å². The molecule has 21 heavy (non-hydrogen) atoms. The Morgan fingerprint density at radius 1 is 1.29 bits per heavy atom. The summed E-state index contributed by atoms with van der Waals surface area (Å²) in [6.45, 7) is 6.39. The first-order valence-corrected chi connectivity index (χ1v) is 7.27. The lowest BCUT2D eigenvalue weighted by atomic mass is 10.1. The normalized spacial score (nSPS) is 24.3. The number of carbonyl (C=O) groups is 1. The number of carbonyl (C=O) groups excluding carboxylic acids is 1. The summed E-state index contributed by atoms with van der Waals surface area (Å²) < 4.78 is 7.58. The average Bonchev–Trinajstić information content (AvgIpc) is 3.13. The van der Waals surface area contributed by atoms with Crippen molar-refractivity contribution in [3.63, 3.8) is 0 Å². The number of oxazole rings is 1. The van der Waals surface area contributed by atoms with Crippen molar-refractivity contribution in [2.45, 2.75) is 45.7 Å². The van der Waals surface area contributed by atoms with Gasteiger partial charge in [-0.2, -0.15) is 0 Å². The number of rotatable bonds is 1.